The van der Waals surface area contributed by atoms with Gasteiger partial charge in [-0.1, -0.05) is 23.4 Å². The lowest BCUT2D eigenvalue weighted by Gasteiger charge is -2.31. The highest BCUT2D eigenvalue weighted by Crippen LogP contribution is 2.26. The van der Waals surface area contributed by atoms with Crippen LogP contribution in [0.1, 0.15) is 37.7 Å². The lowest BCUT2D eigenvalue weighted by Crippen LogP contribution is -2.48. The average Bonchev–Trinajstić information content (AvgIpc) is 2.89. The van der Waals surface area contributed by atoms with E-state index in [2.05, 4.69) is 20.1 Å². The van der Waals surface area contributed by atoms with Crippen molar-refractivity contribution in [3.8, 4) is 11.1 Å². The van der Waals surface area contributed by atoms with Crippen LogP contribution in [0.4, 0.5) is 15.1 Å². The molecule has 1 aromatic heterocycles. The molecule has 3 heterocycles. The number of halogens is 1. The molecule has 2 aliphatic rings. The van der Waals surface area contributed by atoms with E-state index in [1.54, 1.807) is 24.5 Å². The Labute approximate surface area is 219 Å². The summed E-state index contributed by atoms with van der Waals surface area (Å²) in [4.78, 5) is 30.8. The van der Waals surface area contributed by atoms with Crippen molar-refractivity contribution in [2.24, 2.45) is 21.6 Å². The van der Waals surface area contributed by atoms with Crippen LogP contribution >= 0.6 is 0 Å². The first-order valence-corrected chi connectivity index (χ1v) is 12.5. The van der Waals surface area contributed by atoms with Gasteiger partial charge in [0.2, 0.25) is 5.95 Å². The number of nitrogens with zero attached hydrogens (tertiary/aromatic N) is 5. The third kappa shape index (κ3) is 7.83. The van der Waals surface area contributed by atoms with Crippen LogP contribution in [0.5, 0.6) is 0 Å². The van der Waals surface area contributed by atoms with Crippen LogP contribution < -0.4 is 16.4 Å². The predicted octanol–water partition coefficient (Wildman–Crippen LogP) is 2.71. The zero-order chi connectivity index (χ0) is 26.7. The average molecular weight is 530 g/mol. The van der Waals surface area contributed by atoms with Crippen LogP contribution in [-0.2, 0) is 25.7 Å². The van der Waals surface area contributed by atoms with Crippen LogP contribution in [0.3, 0.4) is 0 Å². The third-order valence-corrected chi connectivity index (χ3v) is 5.89. The molecule has 4 rings (SSSR count). The molecule has 2 aromatic rings. The molecule has 2 saturated heterocycles. The molecule has 0 saturated carbocycles. The van der Waals surface area contributed by atoms with E-state index in [4.69, 9.17) is 30.5 Å². The molecule has 38 heavy (non-hydrogen) atoms. The molecule has 1 amide bonds. The van der Waals surface area contributed by atoms with Gasteiger partial charge in [0.25, 0.3) is 0 Å². The first-order valence-electron chi connectivity index (χ1n) is 12.5. The zero-order valence-corrected chi connectivity index (χ0v) is 21.1. The fourth-order valence-corrected chi connectivity index (χ4v) is 3.87. The Morgan fingerprint density at radius 3 is 2.68 bits per heavy atom. The number of anilines is 1. The van der Waals surface area contributed by atoms with Gasteiger partial charge < -0.3 is 35.4 Å². The van der Waals surface area contributed by atoms with E-state index in [-0.39, 0.29) is 24.0 Å². The van der Waals surface area contributed by atoms with Crippen molar-refractivity contribution in [3.05, 3.63) is 42.0 Å². The molecule has 0 radical (unpaired) electrons. The highest BCUT2D eigenvalue weighted by molar-refractivity contribution is 5.98. The van der Waals surface area contributed by atoms with E-state index in [9.17, 15) is 9.18 Å². The Bertz CT molecular complexity index is 1130. The first-order chi connectivity index (χ1) is 18.5. The van der Waals surface area contributed by atoms with Crippen molar-refractivity contribution in [2.45, 2.75) is 45.0 Å². The van der Waals surface area contributed by atoms with Crippen molar-refractivity contribution in [2.75, 3.05) is 37.8 Å². The number of amides is 1. The fourth-order valence-electron chi connectivity index (χ4n) is 3.87. The van der Waals surface area contributed by atoms with Crippen LogP contribution in [-0.4, -0.2) is 66.9 Å². The summed E-state index contributed by atoms with van der Waals surface area (Å²) in [6.07, 6.45) is 7.03. The largest absolute Gasteiger partial charge is 0.443 e. The van der Waals surface area contributed by atoms with Gasteiger partial charge in [-0.25, -0.2) is 19.2 Å². The second-order valence-electron chi connectivity index (χ2n) is 8.86. The van der Waals surface area contributed by atoms with Gasteiger partial charge in [-0.3, -0.25) is 0 Å². The standard InChI is InChI=1S/C25H32FN7O5/c26-22-17(16-37-25(34)31-23(27)28)6-5-7-20(22)18-12-29-24(30-13-18)33-14-19(15-33)32-38-11-4-3-10-36-21-8-1-2-9-35-21/h5-7,12-13,21H,1-4,8-11,14-16H2,(H4,27,28,31,34). The number of unbranched alkanes of at least 4 members (excludes halogenated alkanes) is 1. The number of carbonyl (C=O) groups excluding carboxylic acids is 1. The number of rotatable bonds is 11. The number of ether oxygens (including phenoxy) is 3. The Morgan fingerprint density at radius 2 is 1.95 bits per heavy atom. The van der Waals surface area contributed by atoms with Gasteiger partial charge in [0.1, 0.15) is 19.0 Å². The summed E-state index contributed by atoms with van der Waals surface area (Å²) in [5.41, 5.74) is 12.1. The number of guanidine groups is 1. The van der Waals surface area contributed by atoms with Crippen molar-refractivity contribution in [3.63, 3.8) is 0 Å². The van der Waals surface area contributed by atoms with Gasteiger partial charge in [-0.05, 0) is 32.1 Å². The van der Waals surface area contributed by atoms with E-state index in [0.29, 0.717) is 37.8 Å². The summed E-state index contributed by atoms with van der Waals surface area (Å²) in [6.45, 7) is 2.77. The lowest BCUT2D eigenvalue weighted by molar-refractivity contribution is -0.163. The third-order valence-electron chi connectivity index (χ3n) is 5.89. The number of benzene rings is 1. The zero-order valence-electron chi connectivity index (χ0n) is 21.1. The Morgan fingerprint density at radius 1 is 1.16 bits per heavy atom. The van der Waals surface area contributed by atoms with Gasteiger partial charge >= 0.3 is 6.09 Å². The Kier molecular flexibility index (Phi) is 9.76. The maximum absolute atomic E-state index is 15.0. The van der Waals surface area contributed by atoms with Crippen molar-refractivity contribution < 1.29 is 28.2 Å². The summed E-state index contributed by atoms with van der Waals surface area (Å²) >= 11 is 0. The number of hydrogen-bond donors (Lipinski definition) is 2. The number of carbonyl (C=O) groups is 1. The molecule has 2 aliphatic heterocycles. The molecule has 0 spiro atoms. The molecule has 1 unspecified atom stereocenters. The normalized spacial score (nSPS) is 16.9. The Balaban J connectivity index is 1.18. The number of oxime groups is 1. The fraction of sp³-hybridized carbons (Fsp3) is 0.480. The first kappa shape index (κ1) is 27.2. The van der Waals surface area contributed by atoms with E-state index in [1.807, 2.05) is 4.90 Å². The van der Waals surface area contributed by atoms with E-state index >= 15 is 0 Å². The van der Waals surface area contributed by atoms with Gasteiger partial charge in [0, 0.05) is 42.3 Å². The summed E-state index contributed by atoms with van der Waals surface area (Å²) in [5.74, 6) is -0.472. The highest BCUT2D eigenvalue weighted by atomic mass is 19.1. The highest BCUT2D eigenvalue weighted by Gasteiger charge is 2.25. The minimum atomic E-state index is -1.000. The quantitative estimate of drug-likeness (QED) is 0.192. The van der Waals surface area contributed by atoms with Gasteiger partial charge in [-0.15, -0.1) is 4.99 Å². The minimum absolute atomic E-state index is 0.0548. The van der Waals surface area contributed by atoms with Gasteiger partial charge in [0.05, 0.1) is 18.8 Å². The molecule has 0 aliphatic carbocycles. The number of nitrogens with two attached hydrogens (primary N) is 2. The molecular weight excluding hydrogens is 497 g/mol. The molecule has 1 atom stereocenters. The van der Waals surface area contributed by atoms with Crippen LogP contribution in [0.15, 0.2) is 40.7 Å². The van der Waals surface area contributed by atoms with E-state index < -0.39 is 17.9 Å². The molecule has 1 aromatic carbocycles. The second kappa shape index (κ2) is 13.6. The summed E-state index contributed by atoms with van der Waals surface area (Å²) < 4.78 is 31.1. The Hall–Kier alpha value is -3.84. The summed E-state index contributed by atoms with van der Waals surface area (Å²) in [5, 5.41) is 4.17. The summed E-state index contributed by atoms with van der Waals surface area (Å²) in [6, 6.07) is 4.74. The number of aromatic nitrogens is 2. The monoisotopic (exact) mass is 529 g/mol. The number of hydrogen-bond acceptors (Lipinski definition) is 9. The van der Waals surface area contributed by atoms with Crippen LogP contribution in [0.25, 0.3) is 11.1 Å². The molecule has 12 nitrogen and oxygen atoms in total. The molecule has 0 bridgehead atoms. The predicted molar refractivity (Wildman–Crippen MR) is 138 cm³/mol. The smallest absolute Gasteiger partial charge is 0.437 e. The van der Waals surface area contributed by atoms with E-state index in [1.165, 1.54) is 6.07 Å². The molecule has 204 valence electrons. The van der Waals surface area contributed by atoms with Gasteiger partial charge in [-0.2, -0.15) is 0 Å². The molecule has 4 N–H and O–H groups in total. The second-order valence-corrected chi connectivity index (χ2v) is 8.86. The molecule has 13 heteroatoms. The van der Waals surface area contributed by atoms with Crippen molar-refractivity contribution in [1.82, 2.24) is 9.97 Å². The van der Waals surface area contributed by atoms with Crippen molar-refractivity contribution >= 4 is 23.7 Å². The maximum atomic E-state index is 15.0. The van der Waals surface area contributed by atoms with Crippen LogP contribution in [0, 0.1) is 5.82 Å². The van der Waals surface area contributed by atoms with Gasteiger partial charge in [0.15, 0.2) is 12.2 Å². The molecule has 2 fully saturated rings. The lowest BCUT2D eigenvalue weighted by atomic mass is 10.1. The van der Waals surface area contributed by atoms with Crippen molar-refractivity contribution in [1.29, 1.82) is 0 Å². The molecular formula is C25H32FN7O5. The topological polar surface area (TPSA) is 160 Å². The summed E-state index contributed by atoms with van der Waals surface area (Å²) in [7, 11) is 0. The van der Waals surface area contributed by atoms with E-state index in [0.717, 1.165) is 44.4 Å². The SMILES string of the molecule is NC(N)=NC(=O)OCc1cccc(-c2cnc(N3CC(=NOCCCCOC4CCCCO4)C3)nc2)c1F. The minimum Gasteiger partial charge on any atom is -0.443 e. The van der Waals surface area contributed by atoms with Crippen LogP contribution in [0.2, 0.25) is 0 Å². The number of aliphatic imine (C=N–C) groups is 1. The maximum Gasteiger partial charge on any atom is 0.437 e.